The van der Waals surface area contributed by atoms with Crippen LogP contribution in [0.3, 0.4) is 0 Å². The van der Waals surface area contributed by atoms with Gasteiger partial charge in [0, 0.05) is 12.4 Å². The van der Waals surface area contributed by atoms with Crippen LogP contribution < -0.4 is 0 Å². The molecule has 0 fully saturated rings. The summed E-state index contributed by atoms with van der Waals surface area (Å²) < 4.78 is 0. The second-order valence-corrected chi connectivity index (χ2v) is 1.80. The molecule has 0 radical (unpaired) electrons. The molecule has 0 aliphatic carbocycles. The lowest BCUT2D eigenvalue weighted by Crippen LogP contribution is -1.86. The molecule has 4 heteroatoms. The van der Waals surface area contributed by atoms with E-state index < -0.39 is 0 Å². The van der Waals surface area contributed by atoms with Gasteiger partial charge in [-0.15, -0.1) is 5.10 Å². The highest BCUT2D eigenvalue weighted by atomic mass is 15.1. The molecule has 0 aromatic carbocycles. The summed E-state index contributed by atoms with van der Waals surface area (Å²) in [4.78, 5) is 7.96. The Labute approximate surface area is 70.7 Å². The highest BCUT2D eigenvalue weighted by Gasteiger charge is 1.91. The van der Waals surface area contributed by atoms with E-state index in [1.807, 2.05) is 13.8 Å². The van der Waals surface area contributed by atoms with Crippen LogP contribution in [0, 0.1) is 0 Å². The maximum Gasteiger partial charge on any atom is 0.200 e. The summed E-state index contributed by atoms with van der Waals surface area (Å²) in [7, 11) is 0. The number of rotatable bonds is 0. The van der Waals surface area contributed by atoms with Crippen LogP contribution in [-0.2, 0) is 0 Å². The SMILES string of the molecule is CC.c1cc2nccnc2nn1. The second-order valence-electron chi connectivity index (χ2n) is 1.80. The molecule has 0 spiro atoms. The third-order valence-corrected chi connectivity index (χ3v) is 1.16. The maximum absolute atomic E-state index is 4.02. The minimum Gasteiger partial charge on any atom is -0.251 e. The van der Waals surface area contributed by atoms with Gasteiger partial charge in [-0.05, 0) is 6.07 Å². The van der Waals surface area contributed by atoms with Gasteiger partial charge in [0.25, 0.3) is 0 Å². The van der Waals surface area contributed by atoms with Crippen molar-refractivity contribution in [1.29, 1.82) is 0 Å². The van der Waals surface area contributed by atoms with Crippen molar-refractivity contribution in [3.05, 3.63) is 24.7 Å². The van der Waals surface area contributed by atoms with E-state index in [9.17, 15) is 0 Å². The Balaban J connectivity index is 0.000000336. The average molecular weight is 162 g/mol. The van der Waals surface area contributed by atoms with Crippen LogP contribution in [-0.4, -0.2) is 20.2 Å². The minimum absolute atomic E-state index is 0.588. The van der Waals surface area contributed by atoms with E-state index in [0.717, 1.165) is 5.52 Å². The Hall–Kier alpha value is -1.58. The van der Waals surface area contributed by atoms with E-state index in [-0.39, 0.29) is 0 Å². The first kappa shape index (κ1) is 8.52. The van der Waals surface area contributed by atoms with Gasteiger partial charge in [-0.2, -0.15) is 5.10 Å². The Morgan fingerprint density at radius 3 is 2.50 bits per heavy atom. The van der Waals surface area contributed by atoms with Crippen LogP contribution >= 0.6 is 0 Å². The molecule has 0 aliphatic heterocycles. The Morgan fingerprint density at radius 2 is 1.75 bits per heavy atom. The highest BCUT2D eigenvalue weighted by Crippen LogP contribution is 1.98. The van der Waals surface area contributed by atoms with Crippen LogP contribution in [0.15, 0.2) is 24.7 Å². The largest absolute Gasteiger partial charge is 0.251 e. The summed E-state index contributed by atoms with van der Waals surface area (Å²) in [5.41, 5.74) is 1.36. The third kappa shape index (κ3) is 1.72. The molecule has 0 unspecified atom stereocenters. The molecule has 0 bridgehead atoms. The van der Waals surface area contributed by atoms with E-state index >= 15 is 0 Å². The van der Waals surface area contributed by atoms with Gasteiger partial charge in [0.05, 0.1) is 6.20 Å². The van der Waals surface area contributed by atoms with Crippen molar-refractivity contribution in [3.63, 3.8) is 0 Å². The van der Waals surface area contributed by atoms with Crippen molar-refractivity contribution in [1.82, 2.24) is 20.2 Å². The monoisotopic (exact) mass is 162 g/mol. The number of hydrogen-bond acceptors (Lipinski definition) is 4. The molecule has 0 saturated heterocycles. The fourth-order valence-electron chi connectivity index (χ4n) is 0.728. The molecule has 0 saturated carbocycles. The van der Waals surface area contributed by atoms with Gasteiger partial charge in [0.1, 0.15) is 5.52 Å². The first-order chi connectivity index (χ1) is 5.97. The van der Waals surface area contributed by atoms with Crippen LogP contribution in [0.5, 0.6) is 0 Å². The molecule has 12 heavy (non-hydrogen) atoms. The lowest BCUT2D eigenvalue weighted by atomic mass is 10.5. The minimum atomic E-state index is 0.588. The molecule has 0 N–H and O–H groups in total. The number of aromatic nitrogens is 4. The van der Waals surface area contributed by atoms with E-state index in [1.54, 1.807) is 24.7 Å². The first-order valence-electron chi connectivity index (χ1n) is 3.85. The van der Waals surface area contributed by atoms with Gasteiger partial charge >= 0.3 is 0 Å². The number of hydrogen-bond donors (Lipinski definition) is 0. The fourth-order valence-corrected chi connectivity index (χ4v) is 0.728. The van der Waals surface area contributed by atoms with E-state index in [2.05, 4.69) is 20.2 Å². The summed E-state index contributed by atoms with van der Waals surface area (Å²) in [6, 6.07) is 1.77. The van der Waals surface area contributed by atoms with Crippen molar-refractivity contribution in [2.45, 2.75) is 13.8 Å². The number of fused-ring (bicyclic) bond motifs is 1. The Kier molecular flexibility index (Phi) is 3.07. The number of nitrogens with zero attached hydrogens (tertiary/aromatic N) is 4. The van der Waals surface area contributed by atoms with E-state index in [0.29, 0.717) is 5.65 Å². The molecular weight excluding hydrogens is 152 g/mol. The lowest BCUT2D eigenvalue weighted by Gasteiger charge is -1.88. The zero-order valence-corrected chi connectivity index (χ0v) is 7.10. The zero-order chi connectivity index (χ0) is 8.81. The van der Waals surface area contributed by atoms with Gasteiger partial charge in [-0.25, -0.2) is 4.98 Å². The van der Waals surface area contributed by atoms with E-state index in [4.69, 9.17) is 0 Å². The quantitative estimate of drug-likeness (QED) is 0.588. The topological polar surface area (TPSA) is 51.6 Å². The standard InChI is InChI=1S/C6H4N4.C2H6/c1-2-9-10-6-5(1)7-3-4-8-6;1-2/h1-4H;1-2H3. The van der Waals surface area contributed by atoms with Crippen molar-refractivity contribution in [2.24, 2.45) is 0 Å². The molecule has 2 heterocycles. The third-order valence-electron chi connectivity index (χ3n) is 1.16. The summed E-state index contributed by atoms with van der Waals surface area (Å²) >= 11 is 0. The summed E-state index contributed by atoms with van der Waals surface area (Å²) in [6.07, 6.45) is 4.82. The van der Waals surface area contributed by atoms with Gasteiger partial charge in [0.15, 0.2) is 5.65 Å². The molecular formula is C8H10N4. The molecule has 0 amide bonds. The van der Waals surface area contributed by atoms with Crippen molar-refractivity contribution in [3.8, 4) is 0 Å². The van der Waals surface area contributed by atoms with Crippen LogP contribution in [0.4, 0.5) is 0 Å². The molecule has 4 nitrogen and oxygen atoms in total. The van der Waals surface area contributed by atoms with Crippen LogP contribution in [0.1, 0.15) is 13.8 Å². The van der Waals surface area contributed by atoms with Crippen LogP contribution in [0.25, 0.3) is 11.2 Å². The summed E-state index contributed by atoms with van der Waals surface area (Å²) in [6.45, 7) is 4.00. The Bertz CT molecular complexity index is 282. The molecule has 0 atom stereocenters. The van der Waals surface area contributed by atoms with Crippen molar-refractivity contribution in [2.75, 3.05) is 0 Å². The predicted molar refractivity (Wildman–Crippen MR) is 46.5 cm³/mol. The van der Waals surface area contributed by atoms with Crippen molar-refractivity contribution < 1.29 is 0 Å². The molecule has 2 aromatic heterocycles. The summed E-state index contributed by atoms with van der Waals surface area (Å²) in [5.74, 6) is 0. The van der Waals surface area contributed by atoms with Crippen molar-refractivity contribution >= 4 is 11.2 Å². The highest BCUT2D eigenvalue weighted by molar-refractivity contribution is 5.67. The average Bonchev–Trinajstić information content (AvgIpc) is 2.21. The molecule has 2 aromatic rings. The maximum atomic E-state index is 4.02. The zero-order valence-electron chi connectivity index (χ0n) is 7.10. The van der Waals surface area contributed by atoms with Gasteiger partial charge in [-0.3, -0.25) is 4.98 Å². The van der Waals surface area contributed by atoms with E-state index in [1.165, 1.54) is 0 Å². The summed E-state index contributed by atoms with van der Waals surface area (Å²) in [5, 5.41) is 7.42. The normalized spacial score (nSPS) is 8.83. The molecule has 62 valence electrons. The molecule has 2 rings (SSSR count). The first-order valence-corrected chi connectivity index (χ1v) is 3.85. The van der Waals surface area contributed by atoms with Gasteiger partial charge in [0.2, 0.25) is 0 Å². The predicted octanol–water partition coefficient (Wildman–Crippen LogP) is 1.45. The molecule has 0 aliphatic rings. The lowest BCUT2D eigenvalue weighted by molar-refractivity contribution is 1.04. The fraction of sp³-hybridized carbons (Fsp3) is 0.250. The van der Waals surface area contributed by atoms with Gasteiger partial charge in [-0.1, -0.05) is 13.8 Å². The van der Waals surface area contributed by atoms with Gasteiger partial charge < -0.3 is 0 Å². The smallest absolute Gasteiger partial charge is 0.200 e. The second kappa shape index (κ2) is 4.33. The Morgan fingerprint density at radius 1 is 1.00 bits per heavy atom. The van der Waals surface area contributed by atoms with Crippen LogP contribution in [0.2, 0.25) is 0 Å².